The molecule has 1 aliphatic rings. The Balaban J connectivity index is 1.55. The van der Waals surface area contributed by atoms with Gasteiger partial charge in [-0.3, -0.25) is 4.79 Å². The minimum atomic E-state index is 0.0323. The Morgan fingerprint density at radius 2 is 1.87 bits per heavy atom. The van der Waals surface area contributed by atoms with Gasteiger partial charge in [0.1, 0.15) is 24.7 Å². The van der Waals surface area contributed by atoms with Crippen molar-refractivity contribution in [2.24, 2.45) is 0 Å². The zero-order chi connectivity index (χ0) is 21.1. The van der Waals surface area contributed by atoms with Crippen molar-refractivity contribution in [1.29, 1.82) is 0 Å². The summed E-state index contributed by atoms with van der Waals surface area (Å²) in [4.78, 5) is 22.9. The first-order valence-corrected chi connectivity index (χ1v) is 10.4. The van der Waals surface area contributed by atoms with E-state index in [1.165, 1.54) is 11.3 Å². The lowest BCUT2D eigenvalue weighted by Crippen LogP contribution is -2.43. The van der Waals surface area contributed by atoms with Crippen LogP contribution < -0.4 is 4.74 Å². The molecule has 4 rings (SSSR count). The van der Waals surface area contributed by atoms with Crippen molar-refractivity contribution in [1.82, 2.24) is 19.4 Å². The minimum Gasteiger partial charge on any atom is -0.474 e. The molecule has 1 aromatic carbocycles. The van der Waals surface area contributed by atoms with E-state index in [0.29, 0.717) is 19.0 Å². The highest BCUT2D eigenvalue weighted by Crippen LogP contribution is 2.32. The Hall–Kier alpha value is -2.93. The molecule has 0 spiro atoms. The Labute approximate surface area is 176 Å². The Morgan fingerprint density at radius 3 is 2.57 bits per heavy atom. The molecule has 0 radical (unpaired) electrons. The van der Waals surface area contributed by atoms with Gasteiger partial charge in [0, 0.05) is 45.3 Å². The lowest BCUT2D eigenvalue weighted by molar-refractivity contribution is -0.136. The summed E-state index contributed by atoms with van der Waals surface area (Å²) < 4.78 is 13.5. The fourth-order valence-electron chi connectivity index (χ4n) is 4.08. The molecule has 30 heavy (non-hydrogen) atoms. The van der Waals surface area contributed by atoms with Gasteiger partial charge in [-0.2, -0.15) is 0 Å². The minimum absolute atomic E-state index is 0.0323. The van der Waals surface area contributed by atoms with Gasteiger partial charge in [-0.15, -0.1) is 0 Å². The third kappa shape index (κ3) is 4.03. The molecule has 7 heteroatoms. The molecule has 0 bridgehead atoms. The normalized spacial score (nSPS) is 15.0. The zero-order valence-corrected chi connectivity index (χ0v) is 17.8. The van der Waals surface area contributed by atoms with Crippen molar-refractivity contribution in [3.63, 3.8) is 0 Å². The number of amides is 1. The van der Waals surface area contributed by atoms with E-state index in [2.05, 4.69) is 52.6 Å². The van der Waals surface area contributed by atoms with E-state index in [1.54, 1.807) is 13.4 Å². The molecule has 1 saturated heterocycles. The van der Waals surface area contributed by atoms with Crippen LogP contribution in [0.3, 0.4) is 0 Å². The number of hydrogen-bond acceptors (Lipinski definition) is 5. The van der Waals surface area contributed by atoms with Gasteiger partial charge < -0.3 is 18.9 Å². The zero-order valence-electron chi connectivity index (χ0n) is 17.8. The number of carbonyl (C=O) groups is 1. The molecule has 1 fully saturated rings. The number of piperidine rings is 1. The smallest absolute Gasteiger partial charge is 0.248 e. The number of likely N-dealkylation sites (tertiary alicyclic amines) is 1. The molecule has 0 unspecified atom stereocenters. The van der Waals surface area contributed by atoms with E-state index in [0.717, 1.165) is 36.0 Å². The second kappa shape index (κ2) is 8.83. The third-order valence-corrected chi connectivity index (χ3v) is 5.90. The van der Waals surface area contributed by atoms with Crippen molar-refractivity contribution in [2.75, 3.05) is 26.8 Å². The fraction of sp³-hybridized carbons (Fsp3) is 0.435. The van der Waals surface area contributed by atoms with E-state index >= 15 is 0 Å². The summed E-state index contributed by atoms with van der Waals surface area (Å²) in [5.41, 5.74) is 4.43. The standard InChI is InChI=1S/C23H28N4O3/c1-16-17(2)27(13-18-7-5-4-6-8-18)22-21(16)23(25-15-24-22)30-19-9-11-26(12-10-19)20(28)14-29-3/h4-8,15,19H,9-14H2,1-3H3. The summed E-state index contributed by atoms with van der Waals surface area (Å²) in [6.07, 6.45) is 3.18. The summed E-state index contributed by atoms with van der Waals surface area (Å²) in [6.45, 7) is 6.45. The summed E-state index contributed by atoms with van der Waals surface area (Å²) in [7, 11) is 1.54. The van der Waals surface area contributed by atoms with Crippen molar-refractivity contribution in [3.05, 3.63) is 53.5 Å². The maximum Gasteiger partial charge on any atom is 0.248 e. The monoisotopic (exact) mass is 408 g/mol. The average Bonchev–Trinajstić information content (AvgIpc) is 3.01. The largest absolute Gasteiger partial charge is 0.474 e. The van der Waals surface area contributed by atoms with Crippen LogP contribution in [0.15, 0.2) is 36.7 Å². The molecule has 7 nitrogen and oxygen atoms in total. The molecular weight excluding hydrogens is 380 g/mol. The second-order valence-electron chi connectivity index (χ2n) is 7.79. The summed E-state index contributed by atoms with van der Waals surface area (Å²) in [5.74, 6) is 0.666. The number of aryl methyl sites for hydroxylation is 1. The van der Waals surface area contributed by atoms with Crippen LogP contribution in [0.25, 0.3) is 11.0 Å². The number of fused-ring (bicyclic) bond motifs is 1. The number of rotatable bonds is 6. The van der Waals surface area contributed by atoms with Crippen LogP contribution in [0.1, 0.15) is 29.7 Å². The van der Waals surface area contributed by atoms with Gasteiger partial charge in [0.15, 0.2) is 0 Å². The van der Waals surface area contributed by atoms with Crippen LogP contribution >= 0.6 is 0 Å². The quantitative estimate of drug-likeness (QED) is 0.627. The second-order valence-corrected chi connectivity index (χ2v) is 7.79. The van der Waals surface area contributed by atoms with E-state index in [4.69, 9.17) is 9.47 Å². The van der Waals surface area contributed by atoms with Gasteiger partial charge in [0.05, 0.1) is 5.39 Å². The highest BCUT2D eigenvalue weighted by Gasteiger charge is 2.26. The lowest BCUT2D eigenvalue weighted by Gasteiger charge is -2.31. The van der Waals surface area contributed by atoms with E-state index < -0.39 is 0 Å². The summed E-state index contributed by atoms with van der Waals surface area (Å²) in [5, 5.41) is 0.976. The van der Waals surface area contributed by atoms with Crippen LogP contribution in [-0.4, -0.2) is 58.3 Å². The van der Waals surface area contributed by atoms with Crippen LogP contribution in [0.4, 0.5) is 0 Å². The number of aromatic nitrogens is 3. The van der Waals surface area contributed by atoms with Crippen molar-refractivity contribution in [2.45, 2.75) is 39.3 Å². The number of ether oxygens (including phenoxy) is 2. The Kier molecular flexibility index (Phi) is 5.99. The van der Waals surface area contributed by atoms with Crippen LogP contribution in [0.2, 0.25) is 0 Å². The Morgan fingerprint density at radius 1 is 1.13 bits per heavy atom. The summed E-state index contributed by atoms with van der Waals surface area (Å²) in [6, 6.07) is 10.4. The van der Waals surface area contributed by atoms with Gasteiger partial charge in [0.2, 0.25) is 11.8 Å². The molecule has 0 saturated carbocycles. The van der Waals surface area contributed by atoms with Gasteiger partial charge in [-0.1, -0.05) is 30.3 Å². The summed E-state index contributed by atoms with van der Waals surface area (Å²) >= 11 is 0. The molecule has 158 valence electrons. The van der Waals surface area contributed by atoms with Gasteiger partial charge >= 0.3 is 0 Å². The van der Waals surface area contributed by atoms with Crippen molar-refractivity contribution < 1.29 is 14.3 Å². The van der Waals surface area contributed by atoms with Gasteiger partial charge in [-0.05, 0) is 25.0 Å². The third-order valence-electron chi connectivity index (χ3n) is 5.90. The van der Waals surface area contributed by atoms with Crippen LogP contribution in [0.5, 0.6) is 5.88 Å². The highest BCUT2D eigenvalue weighted by molar-refractivity contribution is 5.86. The van der Waals surface area contributed by atoms with E-state index in [9.17, 15) is 4.79 Å². The molecular formula is C23H28N4O3. The molecule has 1 aliphatic heterocycles. The van der Waals surface area contributed by atoms with E-state index in [1.807, 2.05) is 11.0 Å². The van der Waals surface area contributed by atoms with Gasteiger partial charge in [-0.25, -0.2) is 9.97 Å². The van der Waals surface area contributed by atoms with Gasteiger partial charge in [0.25, 0.3) is 0 Å². The number of nitrogens with zero attached hydrogens (tertiary/aromatic N) is 4. The maximum atomic E-state index is 12.0. The molecule has 1 amide bonds. The number of hydrogen-bond donors (Lipinski definition) is 0. The molecule has 0 N–H and O–H groups in total. The molecule has 3 aromatic rings. The van der Waals surface area contributed by atoms with Crippen LogP contribution in [-0.2, 0) is 16.1 Å². The number of benzene rings is 1. The predicted molar refractivity (Wildman–Crippen MR) is 115 cm³/mol. The predicted octanol–water partition coefficient (Wildman–Crippen LogP) is 3.11. The molecule has 2 aromatic heterocycles. The lowest BCUT2D eigenvalue weighted by atomic mass is 10.1. The first-order chi connectivity index (χ1) is 14.6. The number of carbonyl (C=O) groups excluding carboxylic acids is 1. The molecule has 0 aliphatic carbocycles. The molecule has 0 atom stereocenters. The molecule has 3 heterocycles. The topological polar surface area (TPSA) is 69.5 Å². The first-order valence-electron chi connectivity index (χ1n) is 10.4. The SMILES string of the molecule is COCC(=O)N1CCC(Oc2ncnc3c2c(C)c(C)n3Cc2ccccc2)CC1. The fourth-order valence-corrected chi connectivity index (χ4v) is 4.08. The number of methoxy groups -OCH3 is 1. The maximum absolute atomic E-state index is 12.0. The first kappa shape index (κ1) is 20.3. The average molecular weight is 409 g/mol. The van der Waals surface area contributed by atoms with Crippen LogP contribution in [0, 0.1) is 13.8 Å². The van der Waals surface area contributed by atoms with E-state index in [-0.39, 0.29) is 18.6 Å². The van der Waals surface area contributed by atoms with Crippen molar-refractivity contribution in [3.8, 4) is 5.88 Å². The van der Waals surface area contributed by atoms with Crippen molar-refractivity contribution >= 4 is 16.9 Å². The Bertz CT molecular complexity index is 1020. The highest BCUT2D eigenvalue weighted by atomic mass is 16.5.